The zero-order valence-electron chi connectivity index (χ0n) is 14.3. The molecule has 0 saturated carbocycles. The van der Waals surface area contributed by atoms with Gasteiger partial charge in [-0.2, -0.15) is 0 Å². The summed E-state index contributed by atoms with van der Waals surface area (Å²) < 4.78 is 21.5. The Morgan fingerprint density at radius 3 is 2.85 bits per heavy atom. The Morgan fingerprint density at radius 2 is 2.11 bits per heavy atom. The summed E-state index contributed by atoms with van der Waals surface area (Å²) in [7, 11) is 0. The zero-order chi connectivity index (χ0) is 19.3. The van der Waals surface area contributed by atoms with Gasteiger partial charge in [-0.25, -0.2) is 14.4 Å². The predicted octanol–water partition coefficient (Wildman–Crippen LogP) is 2.43. The third-order valence-corrected chi connectivity index (χ3v) is 5.34. The van der Waals surface area contributed by atoms with Crippen LogP contribution in [0.5, 0.6) is 0 Å². The predicted molar refractivity (Wildman–Crippen MR) is 97.4 cm³/mol. The lowest BCUT2D eigenvalue weighted by Gasteiger charge is -2.22. The molecule has 2 aromatic heterocycles. The highest BCUT2D eigenvalue weighted by molar-refractivity contribution is 6.30. The van der Waals surface area contributed by atoms with E-state index in [0.717, 1.165) is 6.07 Å². The third kappa shape index (κ3) is 2.94. The van der Waals surface area contributed by atoms with E-state index >= 15 is 0 Å². The summed E-state index contributed by atoms with van der Waals surface area (Å²) in [6, 6.07) is 5.77. The van der Waals surface area contributed by atoms with Crippen LogP contribution >= 0.6 is 11.6 Å². The molecule has 1 fully saturated rings. The van der Waals surface area contributed by atoms with Gasteiger partial charge in [0, 0.05) is 12.1 Å². The van der Waals surface area contributed by atoms with Gasteiger partial charge in [-0.15, -0.1) is 0 Å². The number of anilines is 1. The van der Waals surface area contributed by atoms with Gasteiger partial charge in [-0.05, 0) is 23.8 Å². The molecule has 3 heterocycles. The summed E-state index contributed by atoms with van der Waals surface area (Å²) in [5.74, 6) is -0.652. The Labute approximate surface area is 159 Å². The Morgan fingerprint density at radius 1 is 1.33 bits per heavy atom. The van der Waals surface area contributed by atoms with Crippen LogP contribution in [0, 0.1) is 11.7 Å². The normalized spacial score (nSPS) is 26.6. The molecule has 0 amide bonds. The van der Waals surface area contributed by atoms with E-state index in [1.165, 1.54) is 18.5 Å². The second-order valence-electron chi connectivity index (χ2n) is 6.68. The van der Waals surface area contributed by atoms with Gasteiger partial charge in [-0.1, -0.05) is 24.6 Å². The Kier molecular flexibility index (Phi) is 4.51. The molecule has 1 saturated heterocycles. The van der Waals surface area contributed by atoms with Crippen LogP contribution in [0.25, 0.3) is 11.0 Å². The fraction of sp³-hybridized carbons (Fsp3) is 0.333. The highest BCUT2D eigenvalue weighted by atomic mass is 35.5. The summed E-state index contributed by atoms with van der Waals surface area (Å²) in [6.45, 7) is 1.81. The highest BCUT2D eigenvalue weighted by Crippen LogP contribution is 2.41. The highest BCUT2D eigenvalue weighted by Gasteiger charge is 2.46. The van der Waals surface area contributed by atoms with Crippen LogP contribution in [0.15, 0.2) is 36.8 Å². The maximum atomic E-state index is 13.7. The fourth-order valence-corrected chi connectivity index (χ4v) is 3.61. The smallest absolute Gasteiger partial charge is 0.147 e. The average Bonchev–Trinajstić information content (AvgIpc) is 3.20. The maximum Gasteiger partial charge on any atom is 0.147 e. The molecule has 7 nitrogen and oxygen atoms in total. The molecular weight excluding hydrogens is 375 g/mol. The lowest BCUT2D eigenvalue weighted by Crippen LogP contribution is -2.31. The van der Waals surface area contributed by atoms with Gasteiger partial charge in [0.15, 0.2) is 0 Å². The van der Waals surface area contributed by atoms with Crippen molar-refractivity contribution < 1.29 is 19.3 Å². The van der Waals surface area contributed by atoms with Crippen molar-refractivity contribution in [2.75, 3.05) is 5.73 Å². The van der Waals surface area contributed by atoms with E-state index in [1.807, 2.05) is 0 Å². The van der Waals surface area contributed by atoms with Crippen LogP contribution in [0.2, 0.25) is 5.02 Å². The van der Waals surface area contributed by atoms with Gasteiger partial charge in [-0.3, -0.25) is 0 Å². The molecule has 4 N–H and O–H groups in total. The largest absolute Gasteiger partial charge is 0.390 e. The van der Waals surface area contributed by atoms with Gasteiger partial charge >= 0.3 is 0 Å². The SMILES string of the molecule is CC1C(O)C(C(O)c2ccc(Cl)c(F)c2)OC1n1ccc2c(N)ncnc21. The molecule has 0 bridgehead atoms. The molecule has 5 unspecified atom stereocenters. The van der Waals surface area contributed by atoms with Crippen molar-refractivity contribution >= 4 is 28.5 Å². The number of nitrogens with zero attached hydrogens (tertiary/aromatic N) is 3. The quantitative estimate of drug-likeness (QED) is 0.632. The monoisotopic (exact) mass is 392 g/mol. The number of aliphatic hydroxyl groups excluding tert-OH is 2. The summed E-state index contributed by atoms with van der Waals surface area (Å²) in [5.41, 5.74) is 6.71. The molecule has 5 atom stereocenters. The molecule has 9 heteroatoms. The summed E-state index contributed by atoms with van der Waals surface area (Å²) in [4.78, 5) is 8.20. The van der Waals surface area contributed by atoms with E-state index in [9.17, 15) is 14.6 Å². The van der Waals surface area contributed by atoms with Crippen molar-refractivity contribution in [1.29, 1.82) is 0 Å². The molecule has 1 aliphatic rings. The molecule has 4 rings (SSSR count). The maximum absolute atomic E-state index is 13.7. The number of aliphatic hydroxyl groups is 2. The first-order chi connectivity index (χ1) is 12.9. The van der Waals surface area contributed by atoms with Gasteiger partial charge < -0.3 is 25.3 Å². The molecule has 0 radical (unpaired) electrons. The number of fused-ring (bicyclic) bond motifs is 1. The van der Waals surface area contributed by atoms with Crippen LogP contribution < -0.4 is 5.73 Å². The molecular formula is C18H18ClFN4O3. The first-order valence-corrected chi connectivity index (χ1v) is 8.80. The first-order valence-electron chi connectivity index (χ1n) is 8.42. The van der Waals surface area contributed by atoms with Crippen molar-refractivity contribution in [1.82, 2.24) is 14.5 Å². The van der Waals surface area contributed by atoms with Crippen molar-refractivity contribution in [3.63, 3.8) is 0 Å². The number of ether oxygens (including phenoxy) is 1. The van der Waals surface area contributed by atoms with Crippen molar-refractivity contribution in [3.05, 3.63) is 53.2 Å². The Bertz CT molecular complexity index is 998. The van der Waals surface area contributed by atoms with Crippen molar-refractivity contribution in [2.24, 2.45) is 5.92 Å². The molecule has 1 aliphatic heterocycles. The zero-order valence-corrected chi connectivity index (χ0v) is 15.1. The minimum atomic E-state index is -1.22. The molecule has 27 heavy (non-hydrogen) atoms. The van der Waals surface area contributed by atoms with Crippen molar-refractivity contribution in [3.8, 4) is 0 Å². The lowest BCUT2D eigenvalue weighted by atomic mass is 9.95. The van der Waals surface area contributed by atoms with Gasteiger partial charge in [0.2, 0.25) is 0 Å². The molecule has 1 aromatic carbocycles. The number of rotatable bonds is 3. The number of halogens is 2. The number of aromatic nitrogens is 3. The lowest BCUT2D eigenvalue weighted by molar-refractivity contribution is -0.0833. The van der Waals surface area contributed by atoms with Gasteiger partial charge in [0.1, 0.15) is 42.0 Å². The molecule has 3 aromatic rings. The van der Waals surface area contributed by atoms with E-state index in [4.69, 9.17) is 22.1 Å². The van der Waals surface area contributed by atoms with E-state index in [1.54, 1.807) is 23.8 Å². The van der Waals surface area contributed by atoms with E-state index in [-0.39, 0.29) is 16.5 Å². The number of benzene rings is 1. The number of hydrogen-bond acceptors (Lipinski definition) is 6. The second-order valence-corrected chi connectivity index (χ2v) is 7.09. The van der Waals surface area contributed by atoms with Crippen LogP contribution in [0.3, 0.4) is 0 Å². The standard InChI is InChI=1S/C18H18ClFN4O3/c1-8-13(25)15(14(26)9-2-3-11(19)12(20)6-9)27-18(8)24-5-4-10-16(21)22-7-23-17(10)24/h2-8,13-15,18,25-26H,1H3,(H2,21,22,23). The number of nitrogen functional groups attached to an aromatic ring is 1. The second kappa shape index (κ2) is 6.72. The summed E-state index contributed by atoms with van der Waals surface area (Å²) in [6.07, 6.45) is -0.611. The molecule has 142 valence electrons. The summed E-state index contributed by atoms with van der Waals surface area (Å²) in [5, 5.41) is 21.9. The van der Waals surface area contributed by atoms with Crippen LogP contribution in [0.4, 0.5) is 10.2 Å². The van der Waals surface area contributed by atoms with Crippen LogP contribution in [-0.4, -0.2) is 37.0 Å². The topological polar surface area (TPSA) is 106 Å². The van der Waals surface area contributed by atoms with Crippen LogP contribution in [-0.2, 0) is 4.74 Å². The Balaban J connectivity index is 1.66. The third-order valence-electron chi connectivity index (χ3n) is 5.03. The minimum absolute atomic E-state index is 0.0406. The Hall–Kier alpha value is -2.26. The minimum Gasteiger partial charge on any atom is -0.390 e. The number of hydrogen-bond donors (Lipinski definition) is 3. The van der Waals surface area contributed by atoms with Gasteiger partial charge in [0.05, 0.1) is 16.5 Å². The van der Waals surface area contributed by atoms with Gasteiger partial charge in [0.25, 0.3) is 0 Å². The van der Waals surface area contributed by atoms with E-state index in [2.05, 4.69) is 9.97 Å². The van der Waals surface area contributed by atoms with Crippen LogP contribution in [0.1, 0.15) is 24.8 Å². The first kappa shape index (κ1) is 18.1. The molecule has 0 aliphatic carbocycles. The average molecular weight is 393 g/mol. The fourth-order valence-electron chi connectivity index (χ4n) is 3.50. The summed E-state index contributed by atoms with van der Waals surface area (Å²) >= 11 is 5.69. The number of nitrogens with two attached hydrogens (primary N) is 1. The van der Waals surface area contributed by atoms with E-state index < -0.39 is 30.4 Å². The molecule has 0 spiro atoms. The van der Waals surface area contributed by atoms with Crippen molar-refractivity contribution in [2.45, 2.75) is 31.5 Å². The van der Waals surface area contributed by atoms with E-state index in [0.29, 0.717) is 16.9 Å².